The van der Waals surface area contributed by atoms with Gasteiger partial charge in [0, 0.05) is 27.2 Å². The number of amides is 1. The normalized spacial score (nSPS) is 11.3. The van der Waals surface area contributed by atoms with E-state index in [1.807, 2.05) is 36.4 Å². The number of nitrogens with one attached hydrogen (secondary N) is 1. The fourth-order valence-corrected chi connectivity index (χ4v) is 3.47. The molecule has 0 aliphatic rings. The number of fused-ring (bicyclic) bond motifs is 1. The molecule has 2 heterocycles. The molecule has 0 radical (unpaired) electrons. The quantitative estimate of drug-likeness (QED) is 0.254. The summed E-state index contributed by atoms with van der Waals surface area (Å²) in [5, 5.41) is 10.5. The highest BCUT2D eigenvalue weighted by Crippen LogP contribution is 2.22. The number of hydrogen-bond acceptors (Lipinski definition) is 4. The number of pyridine rings is 1. The second kappa shape index (κ2) is 8.83. The Balaban J connectivity index is 1.43. The Morgan fingerprint density at radius 1 is 1.10 bits per heavy atom. The average molecular weight is 459 g/mol. The van der Waals surface area contributed by atoms with E-state index in [0.717, 1.165) is 16.5 Å². The standard InChI is InChI=1S/C21H14Cl3N5O/c22-16-6-5-14(17(23)10-16)12-29-8-7-19(28-29)21(30)27-25-11-15-9-13-3-1-2-4-18(13)26-20(15)24/h1-11H,12H2,(H,27,30)/b25-11-. The third-order valence-corrected chi connectivity index (χ3v) is 5.18. The third-order valence-electron chi connectivity index (χ3n) is 4.30. The maximum absolute atomic E-state index is 12.3. The van der Waals surface area contributed by atoms with Crippen LogP contribution in [0.4, 0.5) is 0 Å². The van der Waals surface area contributed by atoms with E-state index in [0.29, 0.717) is 27.3 Å². The second-order valence-corrected chi connectivity index (χ2v) is 7.60. The summed E-state index contributed by atoms with van der Waals surface area (Å²) in [7, 11) is 0. The number of halogens is 3. The molecular formula is C21H14Cl3N5O. The van der Waals surface area contributed by atoms with E-state index in [2.05, 4.69) is 20.6 Å². The van der Waals surface area contributed by atoms with E-state index in [4.69, 9.17) is 34.8 Å². The Morgan fingerprint density at radius 3 is 2.77 bits per heavy atom. The van der Waals surface area contributed by atoms with Crippen molar-refractivity contribution in [3.05, 3.63) is 92.8 Å². The first kappa shape index (κ1) is 20.3. The molecule has 6 nitrogen and oxygen atoms in total. The first-order chi connectivity index (χ1) is 14.5. The molecule has 0 saturated heterocycles. The summed E-state index contributed by atoms with van der Waals surface area (Å²) >= 11 is 18.3. The Bertz CT molecular complexity index is 1270. The van der Waals surface area contributed by atoms with Gasteiger partial charge in [0.1, 0.15) is 5.15 Å². The van der Waals surface area contributed by atoms with Crippen molar-refractivity contribution in [2.24, 2.45) is 5.10 Å². The molecule has 0 bridgehead atoms. The van der Waals surface area contributed by atoms with Gasteiger partial charge in [-0.1, -0.05) is 59.1 Å². The lowest BCUT2D eigenvalue weighted by Gasteiger charge is -2.05. The van der Waals surface area contributed by atoms with E-state index >= 15 is 0 Å². The second-order valence-electron chi connectivity index (χ2n) is 6.39. The lowest BCUT2D eigenvalue weighted by atomic mass is 10.2. The van der Waals surface area contributed by atoms with Crippen molar-refractivity contribution in [1.82, 2.24) is 20.2 Å². The summed E-state index contributed by atoms with van der Waals surface area (Å²) in [6.07, 6.45) is 3.14. The van der Waals surface area contributed by atoms with Crippen LogP contribution < -0.4 is 5.43 Å². The minimum absolute atomic E-state index is 0.222. The molecule has 0 atom stereocenters. The predicted molar refractivity (Wildman–Crippen MR) is 120 cm³/mol. The molecule has 1 amide bonds. The van der Waals surface area contributed by atoms with Gasteiger partial charge in [0.25, 0.3) is 5.91 Å². The minimum Gasteiger partial charge on any atom is -0.267 e. The zero-order valence-corrected chi connectivity index (χ0v) is 17.7. The predicted octanol–water partition coefficient (Wildman–Crippen LogP) is 5.20. The largest absolute Gasteiger partial charge is 0.291 e. The van der Waals surface area contributed by atoms with Gasteiger partial charge in [0.15, 0.2) is 5.69 Å². The topological polar surface area (TPSA) is 72.2 Å². The SMILES string of the molecule is O=C(N/N=C\c1cc2ccccc2nc1Cl)c1ccn(Cc2ccc(Cl)cc2Cl)n1. The van der Waals surface area contributed by atoms with Gasteiger partial charge in [-0.3, -0.25) is 9.48 Å². The van der Waals surface area contributed by atoms with Crippen LogP contribution in [0.5, 0.6) is 0 Å². The maximum Gasteiger partial charge on any atom is 0.291 e. The van der Waals surface area contributed by atoms with Gasteiger partial charge >= 0.3 is 0 Å². The molecule has 4 aromatic rings. The van der Waals surface area contributed by atoms with Crippen LogP contribution in [0.2, 0.25) is 15.2 Å². The Labute approximate surface area is 187 Å². The molecule has 0 aliphatic heterocycles. The summed E-state index contributed by atoms with van der Waals surface area (Å²) in [6.45, 7) is 0.408. The highest BCUT2D eigenvalue weighted by atomic mass is 35.5. The van der Waals surface area contributed by atoms with E-state index in [1.165, 1.54) is 6.21 Å². The number of carbonyl (C=O) groups is 1. The van der Waals surface area contributed by atoms with Crippen LogP contribution in [0, 0.1) is 0 Å². The fraction of sp³-hybridized carbons (Fsp3) is 0.0476. The first-order valence-corrected chi connectivity index (χ1v) is 9.99. The highest BCUT2D eigenvalue weighted by Gasteiger charge is 2.10. The van der Waals surface area contributed by atoms with E-state index in [-0.39, 0.29) is 5.69 Å². The van der Waals surface area contributed by atoms with E-state index in [9.17, 15) is 4.79 Å². The highest BCUT2D eigenvalue weighted by molar-refractivity contribution is 6.35. The van der Waals surface area contributed by atoms with Crippen LogP contribution in [0.15, 0.2) is 65.9 Å². The van der Waals surface area contributed by atoms with Crippen molar-refractivity contribution in [1.29, 1.82) is 0 Å². The molecular weight excluding hydrogens is 445 g/mol. The summed E-state index contributed by atoms with van der Waals surface area (Å²) in [5.41, 5.74) is 4.89. The number of benzene rings is 2. The number of hydrazone groups is 1. The van der Waals surface area contributed by atoms with E-state index < -0.39 is 5.91 Å². The van der Waals surface area contributed by atoms with Crippen LogP contribution in [0.3, 0.4) is 0 Å². The van der Waals surface area contributed by atoms with Gasteiger partial charge in [-0.05, 0) is 35.9 Å². The lowest BCUT2D eigenvalue weighted by molar-refractivity contribution is 0.0949. The Hall–Kier alpha value is -2.93. The molecule has 4 rings (SSSR count). The van der Waals surface area contributed by atoms with Crippen molar-refractivity contribution in [2.45, 2.75) is 6.54 Å². The molecule has 2 aromatic heterocycles. The van der Waals surface area contributed by atoms with Crippen LogP contribution in [-0.2, 0) is 6.54 Å². The summed E-state index contributed by atoms with van der Waals surface area (Å²) in [4.78, 5) is 16.6. The lowest BCUT2D eigenvalue weighted by Crippen LogP contribution is -2.18. The zero-order valence-electron chi connectivity index (χ0n) is 15.4. The Morgan fingerprint density at radius 2 is 1.93 bits per heavy atom. The first-order valence-electron chi connectivity index (χ1n) is 8.86. The van der Waals surface area contributed by atoms with E-state index in [1.54, 1.807) is 29.1 Å². The van der Waals surface area contributed by atoms with Crippen molar-refractivity contribution in [3.8, 4) is 0 Å². The Kier molecular flexibility index (Phi) is 5.99. The van der Waals surface area contributed by atoms with Gasteiger partial charge in [-0.25, -0.2) is 10.4 Å². The fourth-order valence-electron chi connectivity index (χ4n) is 2.81. The van der Waals surface area contributed by atoms with Crippen molar-refractivity contribution in [2.75, 3.05) is 0 Å². The van der Waals surface area contributed by atoms with Crippen molar-refractivity contribution in [3.63, 3.8) is 0 Å². The van der Waals surface area contributed by atoms with Crippen LogP contribution in [0.1, 0.15) is 21.6 Å². The molecule has 0 spiro atoms. The molecule has 0 unspecified atom stereocenters. The number of aromatic nitrogens is 3. The zero-order chi connectivity index (χ0) is 21.1. The smallest absolute Gasteiger partial charge is 0.267 e. The summed E-state index contributed by atoms with van der Waals surface area (Å²) in [6, 6.07) is 16.3. The van der Waals surface area contributed by atoms with Gasteiger partial charge < -0.3 is 0 Å². The molecule has 2 aromatic carbocycles. The van der Waals surface area contributed by atoms with Crippen LogP contribution in [-0.4, -0.2) is 26.9 Å². The van der Waals surface area contributed by atoms with Gasteiger partial charge in [-0.15, -0.1) is 0 Å². The molecule has 0 aliphatic carbocycles. The molecule has 30 heavy (non-hydrogen) atoms. The molecule has 0 fully saturated rings. The monoisotopic (exact) mass is 457 g/mol. The molecule has 0 saturated carbocycles. The third kappa shape index (κ3) is 4.62. The number of carbonyl (C=O) groups excluding carboxylic acids is 1. The summed E-state index contributed by atoms with van der Waals surface area (Å²) < 4.78 is 1.61. The van der Waals surface area contributed by atoms with Crippen molar-refractivity contribution >= 4 is 57.8 Å². The molecule has 9 heteroatoms. The number of nitrogens with zero attached hydrogens (tertiary/aromatic N) is 4. The van der Waals surface area contributed by atoms with Crippen LogP contribution >= 0.6 is 34.8 Å². The van der Waals surface area contributed by atoms with Gasteiger partial charge in [0.05, 0.1) is 18.3 Å². The molecule has 1 N–H and O–H groups in total. The summed E-state index contributed by atoms with van der Waals surface area (Å²) in [5.74, 6) is -0.447. The minimum atomic E-state index is -0.447. The van der Waals surface area contributed by atoms with Gasteiger partial charge in [0.2, 0.25) is 0 Å². The number of hydrogen-bond donors (Lipinski definition) is 1. The molecule has 150 valence electrons. The average Bonchev–Trinajstić information content (AvgIpc) is 3.19. The van der Waals surface area contributed by atoms with Crippen molar-refractivity contribution < 1.29 is 4.79 Å². The van der Waals surface area contributed by atoms with Gasteiger partial charge in [-0.2, -0.15) is 10.2 Å². The maximum atomic E-state index is 12.3. The van der Waals surface area contributed by atoms with Crippen LogP contribution in [0.25, 0.3) is 10.9 Å². The number of rotatable bonds is 5. The number of para-hydroxylation sites is 1.